The molecule has 1 amide bonds. The summed E-state index contributed by atoms with van der Waals surface area (Å²) in [6.45, 7) is 7.13. The maximum atomic E-state index is 13.4. The van der Waals surface area contributed by atoms with Crippen molar-refractivity contribution in [3.8, 4) is 0 Å². The van der Waals surface area contributed by atoms with Gasteiger partial charge in [-0.15, -0.1) is 0 Å². The molecule has 7 nitrogen and oxygen atoms in total. The maximum Gasteiger partial charge on any atom is 0.247 e. The molecule has 4 N–H and O–H groups in total. The van der Waals surface area contributed by atoms with E-state index in [2.05, 4.69) is 15.3 Å². The van der Waals surface area contributed by atoms with Crippen LogP contribution in [0.3, 0.4) is 0 Å². The SMILES string of the molecule is C/C(C(=O)NCc1cnc(C)nc1N)=C(\CCO)SC(=O)C(C)(C)c1ccc2ccccc2c1. The van der Waals surface area contributed by atoms with Crippen LogP contribution in [0.25, 0.3) is 10.8 Å². The fraction of sp³-hybridized carbons (Fsp3) is 0.308. The summed E-state index contributed by atoms with van der Waals surface area (Å²) in [5.41, 5.74) is 6.99. The minimum absolute atomic E-state index is 0.102. The molecule has 0 saturated heterocycles. The lowest BCUT2D eigenvalue weighted by atomic mass is 9.85. The van der Waals surface area contributed by atoms with E-state index in [1.54, 1.807) is 20.0 Å². The van der Waals surface area contributed by atoms with Crippen LogP contribution >= 0.6 is 11.8 Å². The van der Waals surface area contributed by atoms with Crippen molar-refractivity contribution >= 4 is 39.4 Å². The molecule has 0 saturated carbocycles. The molecule has 0 bridgehead atoms. The number of rotatable bonds is 8. The first kappa shape index (κ1) is 25.4. The number of nitrogens with two attached hydrogens (primary N) is 1. The van der Waals surface area contributed by atoms with Gasteiger partial charge in [-0.1, -0.05) is 54.2 Å². The summed E-state index contributed by atoms with van der Waals surface area (Å²) in [7, 11) is 0. The molecule has 0 spiro atoms. The minimum Gasteiger partial charge on any atom is -0.396 e. The van der Waals surface area contributed by atoms with Crippen LogP contribution in [0.2, 0.25) is 0 Å². The third kappa shape index (κ3) is 5.81. The zero-order chi connectivity index (χ0) is 24.9. The van der Waals surface area contributed by atoms with Gasteiger partial charge >= 0.3 is 0 Å². The van der Waals surface area contributed by atoms with Crippen LogP contribution < -0.4 is 11.1 Å². The number of thioether (sulfide) groups is 1. The van der Waals surface area contributed by atoms with E-state index < -0.39 is 5.41 Å². The van der Waals surface area contributed by atoms with Gasteiger partial charge in [0.2, 0.25) is 11.0 Å². The predicted octanol–water partition coefficient (Wildman–Crippen LogP) is 4.03. The molecule has 0 aliphatic rings. The van der Waals surface area contributed by atoms with Crippen LogP contribution in [0.4, 0.5) is 5.82 Å². The molecule has 34 heavy (non-hydrogen) atoms. The second-order valence-electron chi connectivity index (χ2n) is 8.61. The zero-order valence-corrected chi connectivity index (χ0v) is 20.7. The van der Waals surface area contributed by atoms with Crippen LogP contribution in [0.15, 0.2) is 59.1 Å². The fourth-order valence-electron chi connectivity index (χ4n) is 3.44. The molecule has 1 aromatic heterocycles. The number of nitrogen functional groups attached to an aromatic ring is 1. The number of carbonyl (C=O) groups excluding carboxylic acids is 2. The first-order chi connectivity index (χ1) is 16.1. The number of hydrogen-bond donors (Lipinski definition) is 3. The van der Waals surface area contributed by atoms with Crippen LogP contribution in [-0.2, 0) is 21.5 Å². The van der Waals surface area contributed by atoms with Gasteiger partial charge in [0.1, 0.15) is 11.6 Å². The summed E-state index contributed by atoms with van der Waals surface area (Å²) in [5, 5.41) is 14.4. The molecule has 0 radical (unpaired) electrons. The molecule has 0 atom stereocenters. The van der Waals surface area contributed by atoms with Crippen molar-refractivity contribution in [2.24, 2.45) is 0 Å². The molecule has 178 valence electrons. The number of fused-ring (bicyclic) bond motifs is 1. The van der Waals surface area contributed by atoms with E-state index in [1.165, 1.54) is 0 Å². The predicted molar refractivity (Wildman–Crippen MR) is 137 cm³/mol. The topological polar surface area (TPSA) is 118 Å². The Bertz CT molecular complexity index is 1250. The molecule has 2 aromatic carbocycles. The molecule has 1 heterocycles. The van der Waals surface area contributed by atoms with E-state index in [4.69, 9.17) is 5.73 Å². The highest BCUT2D eigenvalue weighted by atomic mass is 32.2. The number of nitrogens with one attached hydrogen (secondary N) is 1. The van der Waals surface area contributed by atoms with E-state index in [9.17, 15) is 14.7 Å². The standard InChI is InChI=1S/C26H30N4O3S/c1-16(24(32)29-15-20-14-28-17(2)30-23(20)27)22(11-12-31)34-25(33)26(3,4)21-10-9-18-7-5-6-8-19(18)13-21/h5-10,13-14,31H,11-12,15H2,1-4H3,(H,29,32)(H2,27,28,30)/b22-16-. The van der Waals surface area contributed by atoms with Crippen molar-refractivity contribution in [1.82, 2.24) is 15.3 Å². The number of aliphatic hydroxyl groups excluding tert-OH is 1. The normalized spacial score (nSPS) is 12.4. The third-order valence-corrected chi connectivity index (χ3v) is 7.21. The first-order valence-electron chi connectivity index (χ1n) is 11.0. The Kier molecular flexibility index (Phi) is 8.06. The van der Waals surface area contributed by atoms with Gasteiger partial charge in [0.15, 0.2) is 0 Å². The van der Waals surface area contributed by atoms with Gasteiger partial charge in [0.25, 0.3) is 0 Å². The van der Waals surface area contributed by atoms with Gasteiger partial charge in [-0.05, 0) is 44.0 Å². The second kappa shape index (κ2) is 10.8. The number of aliphatic hydroxyl groups is 1. The molecule has 8 heteroatoms. The monoisotopic (exact) mass is 478 g/mol. The third-order valence-electron chi connectivity index (χ3n) is 5.75. The van der Waals surface area contributed by atoms with Gasteiger partial charge in [-0.25, -0.2) is 9.97 Å². The first-order valence-corrected chi connectivity index (χ1v) is 11.8. The summed E-state index contributed by atoms with van der Waals surface area (Å²) in [6.07, 6.45) is 1.79. The highest BCUT2D eigenvalue weighted by Crippen LogP contribution is 2.36. The van der Waals surface area contributed by atoms with E-state index in [1.807, 2.05) is 56.3 Å². The molecular weight excluding hydrogens is 448 g/mol. The van der Waals surface area contributed by atoms with Gasteiger partial charge in [0.05, 0.1) is 5.41 Å². The molecule has 3 aromatic rings. The van der Waals surface area contributed by atoms with Gasteiger partial charge in [-0.3, -0.25) is 9.59 Å². The fourth-order valence-corrected chi connectivity index (χ4v) is 4.47. The lowest BCUT2D eigenvalue weighted by Crippen LogP contribution is -2.28. The number of aromatic nitrogens is 2. The van der Waals surface area contributed by atoms with Crippen molar-refractivity contribution in [1.29, 1.82) is 0 Å². The average molecular weight is 479 g/mol. The van der Waals surface area contributed by atoms with E-state index in [-0.39, 0.29) is 30.6 Å². The van der Waals surface area contributed by atoms with Crippen LogP contribution in [0.1, 0.15) is 44.1 Å². The van der Waals surface area contributed by atoms with Crippen molar-refractivity contribution in [3.63, 3.8) is 0 Å². The second-order valence-corrected chi connectivity index (χ2v) is 9.68. The number of carbonyl (C=O) groups is 2. The van der Waals surface area contributed by atoms with Crippen LogP contribution in [0, 0.1) is 6.92 Å². The maximum absolute atomic E-state index is 13.4. The van der Waals surface area contributed by atoms with Gasteiger partial charge < -0.3 is 16.2 Å². The number of benzene rings is 2. The highest BCUT2D eigenvalue weighted by Gasteiger charge is 2.32. The number of amides is 1. The van der Waals surface area contributed by atoms with Crippen molar-refractivity contribution < 1.29 is 14.7 Å². The summed E-state index contributed by atoms with van der Waals surface area (Å²) in [5.74, 6) is 0.525. The summed E-state index contributed by atoms with van der Waals surface area (Å²) < 4.78 is 0. The largest absolute Gasteiger partial charge is 0.396 e. The van der Waals surface area contributed by atoms with Gasteiger partial charge in [-0.2, -0.15) is 0 Å². The van der Waals surface area contributed by atoms with E-state index in [0.717, 1.165) is 28.1 Å². The summed E-state index contributed by atoms with van der Waals surface area (Å²) in [4.78, 5) is 34.9. The molecule has 0 aliphatic carbocycles. The number of anilines is 1. The number of nitrogens with zero attached hydrogens (tertiary/aromatic N) is 2. The number of hydrogen-bond acceptors (Lipinski definition) is 7. The Morgan fingerprint density at radius 3 is 2.53 bits per heavy atom. The Balaban J connectivity index is 1.78. The number of aryl methyl sites for hydroxylation is 1. The molecular formula is C26H30N4O3S. The van der Waals surface area contributed by atoms with Crippen LogP contribution in [-0.4, -0.2) is 32.7 Å². The Labute approximate surface area is 203 Å². The lowest BCUT2D eigenvalue weighted by Gasteiger charge is -2.24. The molecule has 3 rings (SSSR count). The van der Waals surface area contributed by atoms with E-state index in [0.29, 0.717) is 27.7 Å². The molecule has 0 unspecified atom stereocenters. The van der Waals surface area contributed by atoms with Crippen molar-refractivity contribution in [2.75, 3.05) is 12.3 Å². The summed E-state index contributed by atoms with van der Waals surface area (Å²) >= 11 is 1.01. The Hall–Kier alpha value is -3.23. The Morgan fingerprint density at radius 2 is 1.85 bits per heavy atom. The van der Waals surface area contributed by atoms with Gasteiger partial charge in [0, 0.05) is 41.8 Å². The zero-order valence-electron chi connectivity index (χ0n) is 19.9. The van der Waals surface area contributed by atoms with Crippen molar-refractivity contribution in [2.45, 2.75) is 46.1 Å². The van der Waals surface area contributed by atoms with Crippen molar-refractivity contribution in [3.05, 3.63) is 76.1 Å². The lowest BCUT2D eigenvalue weighted by molar-refractivity contribution is -0.117. The summed E-state index contributed by atoms with van der Waals surface area (Å²) in [6, 6.07) is 14.0. The molecule has 0 fully saturated rings. The van der Waals surface area contributed by atoms with Crippen LogP contribution in [0.5, 0.6) is 0 Å². The molecule has 0 aliphatic heterocycles. The average Bonchev–Trinajstić information content (AvgIpc) is 2.82. The smallest absolute Gasteiger partial charge is 0.247 e. The Morgan fingerprint density at radius 1 is 1.15 bits per heavy atom. The highest BCUT2D eigenvalue weighted by molar-refractivity contribution is 8.17. The quantitative estimate of drug-likeness (QED) is 0.418. The minimum atomic E-state index is -0.792. The van der Waals surface area contributed by atoms with E-state index >= 15 is 0 Å².